The lowest BCUT2D eigenvalue weighted by atomic mass is 9.88. The van der Waals surface area contributed by atoms with Gasteiger partial charge < -0.3 is 9.73 Å². The van der Waals surface area contributed by atoms with Crippen LogP contribution in [-0.4, -0.2) is 30.4 Å². The number of amides is 1. The van der Waals surface area contributed by atoms with Crippen molar-refractivity contribution < 1.29 is 9.21 Å². The van der Waals surface area contributed by atoms with Crippen LogP contribution in [0, 0.1) is 12.8 Å². The summed E-state index contributed by atoms with van der Waals surface area (Å²) in [7, 11) is 0. The van der Waals surface area contributed by atoms with Gasteiger partial charge in [0, 0.05) is 18.4 Å². The Labute approximate surface area is 185 Å². The Kier molecular flexibility index (Phi) is 7.21. The summed E-state index contributed by atoms with van der Waals surface area (Å²) in [5.74, 6) is 2.57. The van der Waals surface area contributed by atoms with Gasteiger partial charge in [0.05, 0.1) is 6.54 Å². The average molecular weight is 417 g/mol. The number of carbonyl (C=O) groups is 1. The van der Waals surface area contributed by atoms with Crippen LogP contribution in [0.15, 0.2) is 77.2 Å². The Hall–Kier alpha value is -2.85. The normalized spacial score (nSPS) is 15.3. The van der Waals surface area contributed by atoms with Crippen molar-refractivity contribution in [3.05, 3.63) is 95.4 Å². The largest absolute Gasteiger partial charge is 0.465 e. The Bertz CT molecular complexity index is 904. The lowest BCUT2D eigenvalue weighted by Crippen LogP contribution is -2.40. The molecule has 0 saturated carbocycles. The summed E-state index contributed by atoms with van der Waals surface area (Å²) in [6, 6.07) is 25.2. The molecule has 0 spiro atoms. The maximum absolute atomic E-state index is 12.8. The van der Waals surface area contributed by atoms with Crippen LogP contribution in [0.5, 0.6) is 0 Å². The molecule has 0 radical (unpaired) electrons. The zero-order valence-corrected chi connectivity index (χ0v) is 18.3. The van der Waals surface area contributed by atoms with E-state index in [2.05, 4.69) is 58.7 Å². The summed E-state index contributed by atoms with van der Waals surface area (Å²) in [4.78, 5) is 15.2. The highest BCUT2D eigenvalue weighted by Crippen LogP contribution is 2.27. The molecular formula is C27H32N2O2. The smallest absolute Gasteiger partial charge is 0.223 e. The number of nitrogens with zero attached hydrogens (tertiary/aromatic N) is 1. The Morgan fingerprint density at radius 2 is 1.58 bits per heavy atom. The molecule has 0 atom stereocenters. The fourth-order valence-electron chi connectivity index (χ4n) is 4.52. The molecule has 0 unspecified atom stereocenters. The van der Waals surface area contributed by atoms with Gasteiger partial charge in [0.15, 0.2) is 0 Å². The zero-order chi connectivity index (χ0) is 21.5. The molecule has 1 N–H and O–H groups in total. The minimum Gasteiger partial charge on any atom is -0.465 e. The van der Waals surface area contributed by atoms with Crippen molar-refractivity contribution in [2.45, 2.75) is 38.6 Å². The van der Waals surface area contributed by atoms with Crippen LogP contribution < -0.4 is 5.32 Å². The van der Waals surface area contributed by atoms with Gasteiger partial charge in [-0.15, -0.1) is 0 Å². The number of benzene rings is 2. The molecule has 4 nitrogen and oxygen atoms in total. The van der Waals surface area contributed by atoms with Crippen molar-refractivity contribution in [2.75, 3.05) is 19.6 Å². The van der Waals surface area contributed by atoms with Crippen molar-refractivity contribution in [3.8, 4) is 0 Å². The molecule has 3 aromatic rings. The molecule has 0 bridgehead atoms. The summed E-state index contributed by atoms with van der Waals surface area (Å²) in [5.41, 5.74) is 2.59. The summed E-state index contributed by atoms with van der Waals surface area (Å²) in [5, 5.41) is 3.21. The second kappa shape index (κ2) is 10.5. The lowest BCUT2D eigenvalue weighted by Gasteiger charge is -2.30. The summed E-state index contributed by atoms with van der Waals surface area (Å²) < 4.78 is 5.69. The number of rotatable bonds is 8. The molecule has 1 aliphatic heterocycles. The third-order valence-electron chi connectivity index (χ3n) is 6.27. The molecule has 1 amide bonds. The minimum absolute atomic E-state index is 0.112. The van der Waals surface area contributed by atoms with Crippen LogP contribution in [0.25, 0.3) is 0 Å². The quantitative estimate of drug-likeness (QED) is 0.553. The molecule has 0 aliphatic carbocycles. The first-order chi connectivity index (χ1) is 15.2. The van der Waals surface area contributed by atoms with Crippen molar-refractivity contribution >= 4 is 5.91 Å². The second-order valence-corrected chi connectivity index (χ2v) is 8.52. The molecule has 2 heterocycles. The molecule has 1 fully saturated rings. The fraction of sp³-hybridized carbons (Fsp3) is 0.370. The van der Waals surface area contributed by atoms with Crippen LogP contribution in [0.4, 0.5) is 0 Å². The Morgan fingerprint density at radius 3 is 2.13 bits per heavy atom. The molecule has 2 aromatic carbocycles. The maximum atomic E-state index is 12.8. The number of aryl methyl sites for hydroxylation is 1. The van der Waals surface area contributed by atoms with Gasteiger partial charge in [-0.25, -0.2) is 0 Å². The highest BCUT2D eigenvalue weighted by Gasteiger charge is 2.25. The van der Waals surface area contributed by atoms with E-state index in [1.807, 2.05) is 31.2 Å². The van der Waals surface area contributed by atoms with E-state index in [-0.39, 0.29) is 11.8 Å². The van der Waals surface area contributed by atoms with E-state index in [1.54, 1.807) is 0 Å². The minimum atomic E-state index is 0.112. The van der Waals surface area contributed by atoms with Crippen molar-refractivity contribution in [1.82, 2.24) is 10.2 Å². The van der Waals surface area contributed by atoms with E-state index in [9.17, 15) is 4.79 Å². The van der Waals surface area contributed by atoms with Gasteiger partial charge in [0.1, 0.15) is 11.5 Å². The van der Waals surface area contributed by atoms with Gasteiger partial charge >= 0.3 is 0 Å². The second-order valence-electron chi connectivity index (χ2n) is 8.52. The van der Waals surface area contributed by atoms with Gasteiger partial charge in [-0.1, -0.05) is 60.7 Å². The molecule has 4 rings (SSSR count). The van der Waals surface area contributed by atoms with E-state index in [1.165, 1.54) is 11.1 Å². The third kappa shape index (κ3) is 5.86. The predicted molar refractivity (Wildman–Crippen MR) is 124 cm³/mol. The van der Waals surface area contributed by atoms with Gasteiger partial charge in [0.25, 0.3) is 0 Å². The van der Waals surface area contributed by atoms with Gasteiger partial charge in [0.2, 0.25) is 5.91 Å². The van der Waals surface area contributed by atoms with E-state index in [0.717, 1.165) is 50.4 Å². The van der Waals surface area contributed by atoms with Crippen LogP contribution in [0.3, 0.4) is 0 Å². The van der Waals surface area contributed by atoms with E-state index in [0.29, 0.717) is 12.5 Å². The van der Waals surface area contributed by atoms with E-state index < -0.39 is 0 Å². The Balaban J connectivity index is 1.26. The monoisotopic (exact) mass is 416 g/mol. The van der Waals surface area contributed by atoms with Crippen molar-refractivity contribution in [1.29, 1.82) is 0 Å². The van der Waals surface area contributed by atoms with Crippen molar-refractivity contribution in [3.63, 3.8) is 0 Å². The van der Waals surface area contributed by atoms with Crippen LogP contribution in [0.2, 0.25) is 0 Å². The maximum Gasteiger partial charge on any atom is 0.223 e. The first-order valence-electron chi connectivity index (χ1n) is 11.3. The summed E-state index contributed by atoms with van der Waals surface area (Å²) >= 11 is 0. The Morgan fingerprint density at radius 1 is 0.968 bits per heavy atom. The molecule has 31 heavy (non-hydrogen) atoms. The fourth-order valence-corrected chi connectivity index (χ4v) is 4.52. The van der Waals surface area contributed by atoms with Crippen LogP contribution in [0.1, 0.15) is 47.8 Å². The van der Waals surface area contributed by atoms with Crippen molar-refractivity contribution in [2.24, 2.45) is 5.92 Å². The molecule has 1 saturated heterocycles. The molecular weight excluding hydrogens is 384 g/mol. The predicted octanol–water partition coefficient (Wildman–Crippen LogP) is 5.14. The van der Waals surface area contributed by atoms with Gasteiger partial charge in [-0.2, -0.15) is 0 Å². The zero-order valence-electron chi connectivity index (χ0n) is 18.3. The summed E-state index contributed by atoms with van der Waals surface area (Å²) in [6.07, 6.45) is 2.72. The average Bonchev–Trinajstić information content (AvgIpc) is 3.22. The number of nitrogens with one attached hydrogen (secondary N) is 1. The SMILES string of the molecule is Cc1ccc(CN2CCC(C(=O)NCCC(c3ccccc3)c3ccccc3)CC2)o1. The topological polar surface area (TPSA) is 45.5 Å². The number of furan rings is 1. The summed E-state index contributed by atoms with van der Waals surface area (Å²) in [6.45, 7) is 5.38. The standard InChI is InChI=1S/C27H32N2O2/c1-21-12-13-25(31-21)20-29-18-15-24(16-19-29)27(30)28-17-14-26(22-8-4-2-5-9-22)23-10-6-3-7-11-23/h2-13,24,26H,14-20H2,1H3,(H,28,30). The van der Waals surface area contributed by atoms with E-state index in [4.69, 9.17) is 4.42 Å². The van der Waals surface area contributed by atoms with Crippen LogP contribution >= 0.6 is 0 Å². The van der Waals surface area contributed by atoms with E-state index >= 15 is 0 Å². The third-order valence-corrected chi connectivity index (χ3v) is 6.27. The lowest BCUT2D eigenvalue weighted by molar-refractivity contribution is -0.126. The first kappa shape index (κ1) is 21.4. The number of piperidine rings is 1. The van der Waals surface area contributed by atoms with Crippen LogP contribution in [-0.2, 0) is 11.3 Å². The number of likely N-dealkylation sites (tertiary alicyclic amines) is 1. The molecule has 4 heteroatoms. The number of hydrogen-bond donors (Lipinski definition) is 1. The van der Waals surface area contributed by atoms with Gasteiger partial charge in [-0.05, 0) is 62.5 Å². The molecule has 1 aromatic heterocycles. The highest BCUT2D eigenvalue weighted by molar-refractivity contribution is 5.78. The first-order valence-corrected chi connectivity index (χ1v) is 11.3. The molecule has 1 aliphatic rings. The number of hydrogen-bond acceptors (Lipinski definition) is 3. The number of carbonyl (C=O) groups excluding carboxylic acids is 1. The van der Waals surface area contributed by atoms with Gasteiger partial charge in [-0.3, -0.25) is 9.69 Å². The highest BCUT2D eigenvalue weighted by atomic mass is 16.3. The molecule has 162 valence electrons.